The molecule has 0 aliphatic rings. The van der Waals surface area contributed by atoms with E-state index in [1.54, 1.807) is 4.57 Å². The van der Waals surface area contributed by atoms with Gasteiger partial charge in [0.15, 0.2) is 0 Å². The van der Waals surface area contributed by atoms with Gasteiger partial charge >= 0.3 is 0 Å². The van der Waals surface area contributed by atoms with Crippen LogP contribution in [0.4, 0.5) is 0 Å². The van der Waals surface area contributed by atoms with Crippen molar-refractivity contribution in [3.05, 3.63) is 97.8 Å². The molecule has 1 atom stereocenters. The highest BCUT2D eigenvalue weighted by Gasteiger charge is 2.29. The average molecular weight is 588 g/mol. The number of carbonyl (C=O) groups excluding carboxylic acids is 1. The van der Waals surface area contributed by atoms with Crippen LogP contribution in [0.25, 0.3) is 10.2 Å². The van der Waals surface area contributed by atoms with E-state index in [4.69, 9.17) is 4.98 Å². The van der Waals surface area contributed by atoms with Gasteiger partial charge in [0.25, 0.3) is 11.5 Å². The number of likely N-dealkylation sites (N-methyl/N-ethyl adjacent to an activating group) is 1. The summed E-state index contributed by atoms with van der Waals surface area (Å²) in [7, 11) is 3.98. The number of amides is 1. The van der Waals surface area contributed by atoms with Gasteiger partial charge in [-0.2, -0.15) is 13.5 Å². The number of fused-ring (bicyclic) bond motifs is 1. The Kier molecular flexibility index (Phi) is 9.90. The SMILES string of the molecule is CCC(c1nc2ccsc2c(=O)n1Cc1ccccc1)N(CCN(C)C)C(=O)c1ccc(Br)cc1.S. The number of hydrogen-bond donors (Lipinski definition) is 0. The standard InChI is InChI=1S/C27H29BrN4O2S.H2S/c1-4-23(31(16-15-30(2)3)26(33)20-10-12-21(28)13-11-20)25-29-22-14-17-35-24(22)27(34)32(25)18-19-8-6-5-7-9-19;/h5-14,17,23H,4,15-16,18H2,1-3H3;1H2. The first kappa shape index (κ1) is 28.1. The van der Waals surface area contributed by atoms with Gasteiger partial charge in [-0.15, -0.1) is 11.3 Å². The van der Waals surface area contributed by atoms with E-state index < -0.39 is 0 Å². The topological polar surface area (TPSA) is 58.4 Å². The highest BCUT2D eigenvalue weighted by atomic mass is 79.9. The first-order valence-electron chi connectivity index (χ1n) is 11.6. The van der Waals surface area contributed by atoms with Crippen LogP contribution in [0.2, 0.25) is 0 Å². The second-order valence-electron chi connectivity index (χ2n) is 8.71. The predicted molar refractivity (Wildman–Crippen MR) is 157 cm³/mol. The third-order valence-corrected chi connectivity index (χ3v) is 7.40. The second kappa shape index (κ2) is 12.7. The van der Waals surface area contributed by atoms with E-state index in [0.29, 0.717) is 47.7 Å². The Morgan fingerprint density at radius 1 is 1.06 bits per heavy atom. The molecule has 36 heavy (non-hydrogen) atoms. The molecule has 0 bridgehead atoms. The van der Waals surface area contributed by atoms with E-state index in [9.17, 15) is 9.59 Å². The number of rotatable bonds is 9. The molecule has 0 aliphatic carbocycles. The minimum absolute atomic E-state index is 0. The Hall–Kier alpha value is -2.46. The fourth-order valence-electron chi connectivity index (χ4n) is 4.14. The van der Waals surface area contributed by atoms with Crippen molar-refractivity contribution in [2.75, 3.05) is 27.2 Å². The Labute approximate surface area is 231 Å². The van der Waals surface area contributed by atoms with E-state index in [-0.39, 0.29) is 31.0 Å². The zero-order valence-corrected chi connectivity index (χ0v) is 24.1. The van der Waals surface area contributed by atoms with E-state index in [1.807, 2.05) is 92.0 Å². The molecule has 2 heterocycles. The van der Waals surface area contributed by atoms with Gasteiger partial charge in [0.1, 0.15) is 10.5 Å². The van der Waals surface area contributed by atoms with Crippen LogP contribution in [0.15, 0.2) is 75.3 Å². The molecule has 9 heteroatoms. The van der Waals surface area contributed by atoms with E-state index in [1.165, 1.54) is 11.3 Å². The highest BCUT2D eigenvalue weighted by Crippen LogP contribution is 2.27. The van der Waals surface area contributed by atoms with Crippen LogP contribution < -0.4 is 5.56 Å². The van der Waals surface area contributed by atoms with E-state index in [2.05, 4.69) is 20.8 Å². The molecule has 2 aromatic heterocycles. The van der Waals surface area contributed by atoms with Crippen molar-refractivity contribution in [1.29, 1.82) is 0 Å². The predicted octanol–water partition coefficient (Wildman–Crippen LogP) is 5.54. The number of carbonyl (C=O) groups is 1. The molecule has 1 unspecified atom stereocenters. The van der Waals surface area contributed by atoms with Crippen LogP contribution in [0, 0.1) is 0 Å². The summed E-state index contributed by atoms with van der Waals surface area (Å²) in [5, 5.41) is 1.90. The summed E-state index contributed by atoms with van der Waals surface area (Å²) < 4.78 is 3.31. The van der Waals surface area contributed by atoms with Crippen LogP contribution in [0.1, 0.15) is 41.1 Å². The molecule has 0 N–H and O–H groups in total. The van der Waals surface area contributed by atoms with Crippen LogP contribution >= 0.6 is 40.8 Å². The maximum absolute atomic E-state index is 13.8. The zero-order valence-electron chi connectivity index (χ0n) is 20.6. The molecule has 0 saturated heterocycles. The van der Waals surface area contributed by atoms with Crippen molar-refractivity contribution in [1.82, 2.24) is 19.4 Å². The number of benzene rings is 2. The van der Waals surface area contributed by atoms with Crippen molar-refractivity contribution >= 4 is 56.9 Å². The Balaban J connectivity index is 0.00000361. The number of nitrogens with zero attached hydrogens (tertiary/aromatic N) is 4. The summed E-state index contributed by atoms with van der Waals surface area (Å²) in [6.45, 7) is 3.66. The number of halogens is 1. The van der Waals surface area contributed by atoms with Crippen LogP contribution in [0.5, 0.6) is 0 Å². The average Bonchev–Trinajstić information content (AvgIpc) is 3.33. The summed E-state index contributed by atoms with van der Waals surface area (Å²) in [6, 6.07) is 18.8. The van der Waals surface area contributed by atoms with E-state index in [0.717, 1.165) is 10.0 Å². The molecule has 4 rings (SSSR count). The lowest BCUT2D eigenvalue weighted by Crippen LogP contribution is -2.42. The van der Waals surface area contributed by atoms with Gasteiger partial charge in [0.2, 0.25) is 0 Å². The lowest BCUT2D eigenvalue weighted by atomic mass is 10.1. The van der Waals surface area contributed by atoms with Crippen molar-refractivity contribution in [2.24, 2.45) is 0 Å². The minimum atomic E-state index is -0.355. The third kappa shape index (κ3) is 6.26. The lowest BCUT2D eigenvalue weighted by Gasteiger charge is -2.33. The van der Waals surface area contributed by atoms with Crippen molar-refractivity contribution in [3.8, 4) is 0 Å². The molecule has 4 aromatic rings. The fourth-order valence-corrected chi connectivity index (χ4v) is 5.18. The first-order chi connectivity index (χ1) is 16.9. The van der Waals surface area contributed by atoms with Crippen molar-refractivity contribution < 1.29 is 4.79 Å². The lowest BCUT2D eigenvalue weighted by molar-refractivity contribution is 0.0642. The van der Waals surface area contributed by atoms with Crippen molar-refractivity contribution in [2.45, 2.75) is 25.9 Å². The van der Waals surface area contributed by atoms with E-state index >= 15 is 0 Å². The van der Waals surface area contributed by atoms with Crippen LogP contribution in [0.3, 0.4) is 0 Å². The molecule has 0 aliphatic heterocycles. The summed E-state index contributed by atoms with van der Waals surface area (Å²) in [5.74, 6) is 0.550. The molecule has 2 aromatic carbocycles. The molecular formula is C27H31BrN4O2S2. The summed E-state index contributed by atoms with van der Waals surface area (Å²) >= 11 is 4.86. The Morgan fingerprint density at radius 2 is 1.75 bits per heavy atom. The number of thiophene rings is 1. The maximum Gasteiger partial charge on any atom is 0.271 e. The number of hydrogen-bond acceptors (Lipinski definition) is 5. The second-order valence-corrected chi connectivity index (χ2v) is 10.5. The van der Waals surface area contributed by atoms with Gasteiger partial charge in [0, 0.05) is 23.1 Å². The highest BCUT2D eigenvalue weighted by molar-refractivity contribution is 9.10. The molecule has 0 spiro atoms. The van der Waals surface area contributed by atoms with Gasteiger partial charge in [-0.3, -0.25) is 14.2 Å². The van der Waals surface area contributed by atoms with Crippen LogP contribution in [-0.4, -0.2) is 52.4 Å². The first-order valence-corrected chi connectivity index (χ1v) is 13.3. The van der Waals surface area contributed by atoms with Gasteiger partial charge < -0.3 is 9.80 Å². The van der Waals surface area contributed by atoms with Gasteiger partial charge in [0.05, 0.1) is 18.1 Å². The molecule has 1 amide bonds. The summed E-state index contributed by atoms with van der Waals surface area (Å²) in [4.78, 5) is 36.3. The summed E-state index contributed by atoms with van der Waals surface area (Å²) in [6.07, 6.45) is 0.632. The quantitative estimate of drug-likeness (QED) is 0.258. The minimum Gasteiger partial charge on any atom is -0.327 e. The molecular weight excluding hydrogens is 556 g/mol. The van der Waals surface area contributed by atoms with Gasteiger partial charge in [-0.25, -0.2) is 4.98 Å². The molecule has 190 valence electrons. The Morgan fingerprint density at radius 3 is 2.39 bits per heavy atom. The molecule has 0 saturated carbocycles. The Bertz CT molecular complexity index is 1350. The smallest absolute Gasteiger partial charge is 0.271 e. The van der Waals surface area contributed by atoms with Gasteiger partial charge in [-0.05, 0) is 61.8 Å². The molecule has 0 fully saturated rings. The third-order valence-electron chi connectivity index (χ3n) is 5.98. The normalized spacial score (nSPS) is 11.9. The van der Waals surface area contributed by atoms with Crippen molar-refractivity contribution in [3.63, 3.8) is 0 Å². The largest absolute Gasteiger partial charge is 0.327 e. The van der Waals surface area contributed by atoms with Gasteiger partial charge in [-0.1, -0.05) is 53.2 Å². The summed E-state index contributed by atoms with van der Waals surface area (Å²) in [5.41, 5.74) is 2.24. The molecule has 6 nitrogen and oxygen atoms in total. The fraction of sp³-hybridized carbons (Fsp3) is 0.296. The maximum atomic E-state index is 13.8. The monoisotopic (exact) mass is 586 g/mol. The zero-order chi connectivity index (χ0) is 24.9. The van der Waals surface area contributed by atoms with Crippen LogP contribution in [-0.2, 0) is 6.54 Å². The number of aromatic nitrogens is 2. The molecule has 0 radical (unpaired) electrons.